The summed E-state index contributed by atoms with van der Waals surface area (Å²) in [5.41, 5.74) is 5.62. The second-order valence-corrected chi connectivity index (χ2v) is 10.2. The molecule has 10 heteroatoms. The highest BCUT2D eigenvalue weighted by Gasteiger charge is 2.60. The van der Waals surface area contributed by atoms with Crippen molar-refractivity contribution in [1.29, 1.82) is 5.41 Å². The van der Waals surface area contributed by atoms with Crippen LogP contribution in [-0.2, 0) is 20.9 Å². The molecule has 0 spiro atoms. The van der Waals surface area contributed by atoms with Crippen LogP contribution in [-0.4, -0.2) is 39.8 Å². The van der Waals surface area contributed by atoms with Crippen molar-refractivity contribution in [1.82, 2.24) is 15.4 Å². The van der Waals surface area contributed by atoms with Gasteiger partial charge in [0.05, 0.1) is 11.6 Å². The molecule has 3 amide bonds. The van der Waals surface area contributed by atoms with E-state index in [0.717, 1.165) is 17.5 Å². The normalized spacial score (nSPS) is 21.1. The van der Waals surface area contributed by atoms with Crippen LogP contribution >= 0.6 is 11.9 Å². The van der Waals surface area contributed by atoms with E-state index < -0.39 is 45.8 Å². The summed E-state index contributed by atoms with van der Waals surface area (Å²) in [6.07, 6.45) is 0. The van der Waals surface area contributed by atoms with Crippen molar-refractivity contribution in [3.05, 3.63) is 71.5 Å². The van der Waals surface area contributed by atoms with E-state index in [2.05, 4.69) is 15.4 Å². The molecule has 1 aliphatic heterocycles. The molecule has 1 aliphatic rings. The van der Waals surface area contributed by atoms with Crippen LogP contribution < -0.4 is 21.1 Å². The van der Waals surface area contributed by atoms with Gasteiger partial charge < -0.3 is 21.8 Å². The van der Waals surface area contributed by atoms with Gasteiger partial charge >= 0.3 is 0 Å². The van der Waals surface area contributed by atoms with Crippen molar-refractivity contribution in [2.24, 2.45) is 5.73 Å². The first kappa shape index (κ1) is 25.4. The van der Waals surface area contributed by atoms with Crippen LogP contribution in [0.5, 0.6) is 0 Å². The highest BCUT2D eigenvalue weighted by molar-refractivity contribution is 8.01. The molecule has 1 fully saturated rings. The minimum Gasteiger partial charge on any atom is -0.368 e. The Morgan fingerprint density at radius 3 is 2.29 bits per heavy atom. The van der Waals surface area contributed by atoms with Gasteiger partial charge in [-0.3, -0.25) is 14.4 Å². The Morgan fingerprint density at radius 1 is 1.15 bits per heavy atom. The number of halogens is 1. The van der Waals surface area contributed by atoms with E-state index in [-0.39, 0.29) is 12.3 Å². The van der Waals surface area contributed by atoms with E-state index in [1.807, 2.05) is 30.3 Å². The third-order valence-electron chi connectivity index (χ3n) is 5.31. The van der Waals surface area contributed by atoms with Gasteiger partial charge in [-0.25, -0.2) is 9.11 Å². The molecule has 34 heavy (non-hydrogen) atoms. The summed E-state index contributed by atoms with van der Waals surface area (Å²) >= 11 is 0.797. The molecule has 2 aromatic carbocycles. The van der Waals surface area contributed by atoms with Crippen molar-refractivity contribution >= 4 is 35.4 Å². The van der Waals surface area contributed by atoms with Crippen LogP contribution in [0.3, 0.4) is 0 Å². The van der Waals surface area contributed by atoms with Crippen LogP contribution in [0.25, 0.3) is 0 Å². The number of carbonyl (C=O) groups is 3. The number of nitrogens with one attached hydrogen (secondary N) is 4. The Bertz CT molecular complexity index is 1090. The first-order valence-electron chi connectivity index (χ1n) is 10.7. The minimum atomic E-state index is -1.85. The monoisotopic (exact) mass is 485 g/mol. The molecule has 3 unspecified atom stereocenters. The third kappa shape index (κ3) is 5.28. The molecule has 0 aromatic heterocycles. The van der Waals surface area contributed by atoms with Crippen molar-refractivity contribution in [3.63, 3.8) is 0 Å². The smallest absolute Gasteiger partial charge is 0.244 e. The zero-order valence-electron chi connectivity index (χ0n) is 19.1. The summed E-state index contributed by atoms with van der Waals surface area (Å²) in [5, 5.41) is 14.5. The molecule has 3 atom stereocenters. The number of benzene rings is 2. The number of rotatable bonds is 7. The average molecular weight is 486 g/mol. The Morgan fingerprint density at radius 2 is 1.76 bits per heavy atom. The van der Waals surface area contributed by atoms with E-state index in [9.17, 15) is 18.8 Å². The summed E-state index contributed by atoms with van der Waals surface area (Å²) in [7, 11) is 0. The van der Waals surface area contributed by atoms with Gasteiger partial charge in [0.2, 0.25) is 17.7 Å². The molecule has 2 aromatic rings. The highest BCUT2D eigenvalue weighted by Crippen LogP contribution is 2.45. The van der Waals surface area contributed by atoms with E-state index in [4.69, 9.17) is 11.1 Å². The summed E-state index contributed by atoms with van der Waals surface area (Å²) in [6, 6.07) is 13.1. The van der Waals surface area contributed by atoms with Gasteiger partial charge in [-0.15, -0.1) is 0 Å². The predicted molar refractivity (Wildman–Crippen MR) is 129 cm³/mol. The molecule has 0 bridgehead atoms. The lowest BCUT2D eigenvalue weighted by atomic mass is 9.78. The van der Waals surface area contributed by atoms with Crippen LogP contribution in [0.15, 0.2) is 54.6 Å². The number of nitrogens with two attached hydrogens (primary N) is 1. The Hall–Kier alpha value is -3.24. The lowest BCUT2D eigenvalue weighted by Crippen LogP contribution is -2.59. The quantitative estimate of drug-likeness (QED) is 0.382. The minimum absolute atomic E-state index is 0.146. The molecule has 6 N–H and O–H groups in total. The Balaban J connectivity index is 2.10. The number of hydrogen-bond donors (Lipinski definition) is 5. The van der Waals surface area contributed by atoms with Gasteiger partial charge in [0.25, 0.3) is 0 Å². The van der Waals surface area contributed by atoms with Gasteiger partial charge in [-0.05, 0) is 44.0 Å². The highest BCUT2D eigenvalue weighted by atomic mass is 32.2. The number of carbonyl (C=O) groups excluding carboxylic acids is 3. The SMILES string of the molecule is CC(C)(C)NC(=O)C(c1ccc(F)cc1)C1(C(=O)NCc2ccccc2)SNC(C(N)=O)C1=N. The third-order valence-corrected chi connectivity index (χ3v) is 6.63. The standard InChI is InChI=1S/C24H28FN5O3S/c1-23(2,3)29-21(32)17(15-9-11-16(25)12-10-15)24(19(26)18(20(27)31)30-34-24)22(33)28-13-14-7-5-4-6-8-14/h4-12,17-18,26,30H,13H2,1-3H3,(H2,27,31)(H,28,33)(H,29,32). The van der Waals surface area contributed by atoms with E-state index >= 15 is 0 Å². The lowest BCUT2D eigenvalue weighted by Gasteiger charge is -2.36. The van der Waals surface area contributed by atoms with Crippen molar-refractivity contribution < 1.29 is 18.8 Å². The van der Waals surface area contributed by atoms with Crippen LogP contribution in [0.4, 0.5) is 4.39 Å². The maximum Gasteiger partial charge on any atom is 0.244 e. The molecule has 0 radical (unpaired) electrons. The first-order chi connectivity index (χ1) is 16.0. The van der Waals surface area contributed by atoms with Gasteiger partial charge in [-0.2, -0.15) is 0 Å². The molecule has 1 saturated heterocycles. The Labute approximate surface area is 201 Å². The first-order valence-corrected chi connectivity index (χ1v) is 11.5. The summed E-state index contributed by atoms with van der Waals surface area (Å²) < 4.78 is 14.6. The maximum absolute atomic E-state index is 13.8. The molecular weight excluding hydrogens is 457 g/mol. The number of amides is 3. The van der Waals surface area contributed by atoms with Crippen LogP contribution in [0.1, 0.15) is 37.8 Å². The summed E-state index contributed by atoms with van der Waals surface area (Å²) in [5.74, 6) is -3.79. The average Bonchev–Trinajstić information content (AvgIpc) is 3.11. The summed E-state index contributed by atoms with van der Waals surface area (Å²) in [6.45, 7) is 5.50. The van der Waals surface area contributed by atoms with E-state index in [0.29, 0.717) is 5.56 Å². The molecule has 3 rings (SSSR count). The van der Waals surface area contributed by atoms with Gasteiger partial charge in [0, 0.05) is 12.1 Å². The molecule has 180 valence electrons. The fourth-order valence-electron chi connectivity index (χ4n) is 3.77. The molecule has 1 heterocycles. The fraction of sp³-hybridized carbons (Fsp3) is 0.333. The van der Waals surface area contributed by atoms with Crippen LogP contribution in [0.2, 0.25) is 0 Å². The molecule has 0 aliphatic carbocycles. The molecule has 0 saturated carbocycles. The van der Waals surface area contributed by atoms with Crippen molar-refractivity contribution in [3.8, 4) is 0 Å². The number of primary amides is 1. The lowest BCUT2D eigenvalue weighted by molar-refractivity contribution is -0.129. The zero-order valence-corrected chi connectivity index (χ0v) is 20.0. The van der Waals surface area contributed by atoms with E-state index in [1.54, 1.807) is 20.8 Å². The van der Waals surface area contributed by atoms with Gasteiger partial charge in [0.1, 0.15) is 11.9 Å². The largest absolute Gasteiger partial charge is 0.368 e. The second kappa shape index (κ2) is 9.94. The van der Waals surface area contributed by atoms with Crippen LogP contribution in [0, 0.1) is 11.2 Å². The number of hydrogen-bond acceptors (Lipinski definition) is 6. The molecule has 8 nitrogen and oxygen atoms in total. The predicted octanol–water partition coefficient (Wildman–Crippen LogP) is 2.00. The van der Waals surface area contributed by atoms with Gasteiger partial charge in [-0.1, -0.05) is 54.4 Å². The second-order valence-electron chi connectivity index (χ2n) is 9.10. The Kier molecular flexibility index (Phi) is 7.42. The van der Waals surface area contributed by atoms with E-state index in [1.165, 1.54) is 24.3 Å². The molecular formula is C24H28FN5O3S. The summed E-state index contributed by atoms with van der Waals surface area (Å²) in [4.78, 5) is 39.4. The topological polar surface area (TPSA) is 137 Å². The van der Waals surface area contributed by atoms with Crippen molar-refractivity contribution in [2.45, 2.75) is 49.6 Å². The zero-order chi connectivity index (χ0) is 25.1. The van der Waals surface area contributed by atoms with Crippen molar-refractivity contribution in [2.75, 3.05) is 0 Å². The fourth-order valence-corrected chi connectivity index (χ4v) is 5.06. The maximum atomic E-state index is 13.8. The van der Waals surface area contributed by atoms with Gasteiger partial charge in [0.15, 0.2) is 4.75 Å².